The van der Waals surface area contributed by atoms with Gasteiger partial charge in [0.25, 0.3) is 11.8 Å². The van der Waals surface area contributed by atoms with Gasteiger partial charge in [0.15, 0.2) is 5.69 Å². The second kappa shape index (κ2) is 7.65. The topological polar surface area (TPSA) is 76.0 Å². The molecule has 0 saturated carbocycles. The van der Waals surface area contributed by atoms with Crippen molar-refractivity contribution in [2.24, 2.45) is 0 Å². The van der Waals surface area contributed by atoms with Crippen molar-refractivity contribution in [1.82, 2.24) is 20.6 Å². The summed E-state index contributed by atoms with van der Waals surface area (Å²) in [6, 6.07) is 18.4. The number of hydrogen-bond donors (Lipinski definition) is 2. The van der Waals surface area contributed by atoms with Crippen molar-refractivity contribution >= 4 is 11.8 Å². The number of benzene rings is 2. The minimum Gasteiger partial charge on any atom is -0.267 e. The van der Waals surface area contributed by atoms with E-state index in [1.165, 1.54) is 0 Å². The van der Waals surface area contributed by atoms with Gasteiger partial charge in [-0.05, 0) is 49.2 Å². The van der Waals surface area contributed by atoms with Crippen LogP contribution in [0.3, 0.4) is 0 Å². The highest BCUT2D eigenvalue weighted by molar-refractivity contribution is 5.98. The number of carbonyl (C=O) groups is 2. The van der Waals surface area contributed by atoms with Gasteiger partial charge >= 0.3 is 0 Å². The summed E-state index contributed by atoms with van der Waals surface area (Å²) in [6.45, 7) is 3.91. The first-order chi connectivity index (χ1) is 12.6. The summed E-state index contributed by atoms with van der Waals surface area (Å²) in [5.74, 6) is -0.846. The normalized spacial score (nSPS) is 10.4. The fourth-order valence-corrected chi connectivity index (χ4v) is 2.56. The third-order valence-electron chi connectivity index (χ3n) is 4.03. The Morgan fingerprint density at radius 1 is 0.962 bits per heavy atom. The molecule has 3 rings (SSSR count). The predicted octanol–water partition coefficient (Wildman–Crippen LogP) is 2.82. The van der Waals surface area contributed by atoms with Crippen molar-refractivity contribution in [3.63, 3.8) is 0 Å². The van der Waals surface area contributed by atoms with Gasteiger partial charge in [0.05, 0.1) is 5.69 Å². The smallest absolute Gasteiger partial charge is 0.267 e. The van der Waals surface area contributed by atoms with Gasteiger partial charge in [-0.2, -0.15) is 5.10 Å². The standard InChI is InChI=1S/C20H20N4O2/c1-3-15-9-11-16(12-10-15)19(25)21-22-20(26)18-13-14(2)24(23-18)17-7-5-4-6-8-17/h4-13H,3H2,1-2H3,(H,21,25)(H,22,26). The second-order valence-electron chi connectivity index (χ2n) is 5.88. The summed E-state index contributed by atoms with van der Waals surface area (Å²) in [6.07, 6.45) is 0.905. The SMILES string of the molecule is CCc1ccc(C(=O)NNC(=O)c2cc(C)n(-c3ccccc3)n2)cc1. The summed E-state index contributed by atoms with van der Waals surface area (Å²) >= 11 is 0. The van der Waals surface area contributed by atoms with E-state index in [0.717, 1.165) is 23.4 Å². The number of carbonyl (C=O) groups excluding carboxylic acids is 2. The summed E-state index contributed by atoms with van der Waals surface area (Å²) in [5.41, 5.74) is 8.36. The van der Waals surface area contributed by atoms with Crippen LogP contribution in [0.4, 0.5) is 0 Å². The minimum atomic E-state index is -0.471. The average Bonchev–Trinajstić information content (AvgIpc) is 3.08. The monoisotopic (exact) mass is 348 g/mol. The van der Waals surface area contributed by atoms with Gasteiger partial charge in [-0.3, -0.25) is 20.4 Å². The Balaban J connectivity index is 1.66. The maximum absolute atomic E-state index is 12.3. The molecule has 2 amide bonds. The Bertz CT molecular complexity index is 915. The summed E-state index contributed by atoms with van der Waals surface area (Å²) in [4.78, 5) is 24.4. The fraction of sp³-hybridized carbons (Fsp3) is 0.150. The molecule has 26 heavy (non-hydrogen) atoms. The number of nitrogens with one attached hydrogen (secondary N) is 2. The van der Waals surface area contributed by atoms with Crippen LogP contribution in [0.2, 0.25) is 0 Å². The molecule has 0 fully saturated rings. The van der Waals surface area contributed by atoms with Crippen molar-refractivity contribution < 1.29 is 9.59 Å². The quantitative estimate of drug-likeness (QED) is 0.712. The fourth-order valence-electron chi connectivity index (χ4n) is 2.56. The summed E-state index contributed by atoms with van der Waals surface area (Å²) in [5, 5.41) is 4.31. The molecular weight excluding hydrogens is 328 g/mol. The van der Waals surface area contributed by atoms with Crippen molar-refractivity contribution in [2.75, 3.05) is 0 Å². The molecule has 0 bridgehead atoms. The zero-order valence-corrected chi connectivity index (χ0v) is 14.7. The number of nitrogens with zero attached hydrogens (tertiary/aromatic N) is 2. The van der Waals surface area contributed by atoms with Crippen molar-refractivity contribution in [3.05, 3.63) is 83.2 Å². The van der Waals surface area contributed by atoms with Crippen LogP contribution in [0.1, 0.15) is 39.0 Å². The first-order valence-corrected chi connectivity index (χ1v) is 8.40. The van der Waals surface area contributed by atoms with Gasteiger partial charge < -0.3 is 0 Å². The molecular formula is C20H20N4O2. The zero-order chi connectivity index (χ0) is 18.5. The lowest BCUT2D eigenvalue weighted by molar-refractivity contribution is 0.0843. The molecule has 0 unspecified atom stereocenters. The van der Waals surface area contributed by atoms with E-state index in [1.807, 2.05) is 56.3 Å². The highest BCUT2D eigenvalue weighted by Crippen LogP contribution is 2.11. The van der Waals surface area contributed by atoms with E-state index >= 15 is 0 Å². The number of rotatable bonds is 4. The van der Waals surface area contributed by atoms with Gasteiger partial charge in [0.1, 0.15) is 0 Å². The van der Waals surface area contributed by atoms with Gasteiger partial charge in [-0.15, -0.1) is 0 Å². The van der Waals surface area contributed by atoms with E-state index in [0.29, 0.717) is 5.56 Å². The molecule has 2 aromatic carbocycles. The molecule has 6 heteroatoms. The Morgan fingerprint density at radius 3 is 2.27 bits per heavy atom. The Hall–Kier alpha value is -3.41. The highest BCUT2D eigenvalue weighted by Gasteiger charge is 2.14. The van der Waals surface area contributed by atoms with E-state index in [9.17, 15) is 9.59 Å². The van der Waals surface area contributed by atoms with Crippen LogP contribution in [0.25, 0.3) is 5.69 Å². The second-order valence-corrected chi connectivity index (χ2v) is 5.88. The van der Waals surface area contributed by atoms with Crippen LogP contribution in [0, 0.1) is 6.92 Å². The Labute approximate surface area is 151 Å². The molecule has 6 nitrogen and oxygen atoms in total. The molecule has 1 aromatic heterocycles. The van der Waals surface area contributed by atoms with Gasteiger partial charge in [-0.1, -0.05) is 37.3 Å². The van der Waals surface area contributed by atoms with E-state index in [-0.39, 0.29) is 11.6 Å². The lowest BCUT2D eigenvalue weighted by Gasteiger charge is -2.06. The molecule has 0 spiro atoms. The number of hydrazine groups is 1. The molecule has 3 aromatic rings. The number of aromatic nitrogens is 2. The highest BCUT2D eigenvalue weighted by atomic mass is 16.2. The largest absolute Gasteiger partial charge is 0.290 e. The third kappa shape index (κ3) is 3.80. The van der Waals surface area contributed by atoms with Crippen LogP contribution in [0.15, 0.2) is 60.7 Å². The molecule has 0 atom stereocenters. The number of para-hydroxylation sites is 1. The molecule has 0 aliphatic carbocycles. The molecule has 0 radical (unpaired) electrons. The number of aryl methyl sites for hydroxylation is 2. The van der Waals surface area contributed by atoms with Gasteiger partial charge in [0.2, 0.25) is 0 Å². The van der Waals surface area contributed by atoms with E-state index < -0.39 is 5.91 Å². The average molecular weight is 348 g/mol. The Morgan fingerprint density at radius 2 is 1.62 bits per heavy atom. The zero-order valence-electron chi connectivity index (χ0n) is 14.7. The van der Waals surface area contributed by atoms with Crippen molar-refractivity contribution in [1.29, 1.82) is 0 Å². The van der Waals surface area contributed by atoms with Crippen LogP contribution in [0.5, 0.6) is 0 Å². The molecule has 2 N–H and O–H groups in total. The van der Waals surface area contributed by atoms with Crippen LogP contribution in [-0.2, 0) is 6.42 Å². The van der Waals surface area contributed by atoms with Crippen molar-refractivity contribution in [3.8, 4) is 5.69 Å². The lowest BCUT2D eigenvalue weighted by atomic mass is 10.1. The first kappa shape index (κ1) is 17.4. The maximum atomic E-state index is 12.3. The molecule has 1 heterocycles. The lowest BCUT2D eigenvalue weighted by Crippen LogP contribution is -2.41. The molecule has 0 aliphatic rings. The van der Waals surface area contributed by atoms with E-state index in [2.05, 4.69) is 16.0 Å². The first-order valence-electron chi connectivity index (χ1n) is 8.40. The summed E-state index contributed by atoms with van der Waals surface area (Å²) in [7, 11) is 0. The van der Waals surface area contributed by atoms with Gasteiger partial charge in [0, 0.05) is 11.3 Å². The van der Waals surface area contributed by atoms with Gasteiger partial charge in [-0.25, -0.2) is 4.68 Å². The molecule has 0 aliphatic heterocycles. The Kier molecular flexibility index (Phi) is 5.12. The molecule has 0 saturated heterocycles. The molecule has 132 valence electrons. The number of amides is 2. The van der Waals surface area contributed by atoms with E-state index in [4.69, 9.17) is 0 Å². The minimum absolute atomic E-state index is 0.230. The summed E-state index contributed by atoms with van der Waals surface area (Å²) < 4.78 is 1.68. The maximum Gasteiger partial charge on any atom is 0.290 e. The van der Waals surface area contributed by atoms with Crippen LogP contribution in [-0.4, -0.2) is 21.6 Å². The van der Waals surface area contributed by atoms with Crippen LogP contribution >= 0.6 is 0 Å². The van der Waals surface area contributed by atoms with Crippen LogP contribution < -0.4 is 10.9 Å². The van der Waals surface area contributed by atoms with E-state index in [1.54, 1.807) is 22.9 Å². The number of hydrogen-bond acceptors (Lipinski definition) is 3. The third-order valence-corrected chi connectivity index (χ3v) is 4.03. The predicted molar refractivity (Wildman–Crippen MR) is 99.1 cm³/mol. The van der Waals surface area contributed by atoms with Crippen molar-refractivity contribution in [2.45, 2.75) is 20.3 Å².